The number of anilines is 1. The Morgan fingerprint density at radius 3 is 2.48 bits per heavy atom. The first-order chi connectivity index (χ1) is 28.7. The van der Waals surface area contributed by atoms with Crippen LogP contribution in [0.1, 0.15) is 28.6 Å². The number of carbonyl (C=O) groups is 3. The van der Waals surface area contributed by atoms with Gasteiger partial charge in [0.25, 0.3) is 0 Å². The fourth-order valence-electron chi connectivity index (χ4n) is 6.72. The van der Waals surface area contributed by atoms with E-state index in [0.29, 0.717) is 22.7 Å². The van der Waals surface area contributed by atoms with Gasteiger partial charge in [-0.05, 0) is 47.3 Å². The second kappa shape index (κ2) is 17.0. The molecule has 4 aliphatic heterocycles. The molecule has 1 amide bonds. The molecule has 4 aliphatic rings. The molecule has 10 atom stereocenters. The number of nitrogens with two attached hydrogens (primary N) is 1. The summed E-state index contributed by atoms with van der Waals surface area (Å²) in [7, 11) is -3.85. The van der Waals surface area contributed by atoms with Gasteiger partial charge in [0, 0.05) is 12.0 Å². The molecule has 3 fully saturated rings. The number of nitrogens with zero attached hydrogens (tertiary/aromatic N) is 5. The Bertz CT molecular complexity index is 2430. The first-order valence-electron chi connectivity index (χ1n) is 17.9. The number of allylic oxidation sites excluding steroid dienone is 1. The highest BCUT2D eigenvalue weighted by Gasteiger charge is 2.56. The van der Waals surface area contributed by atoms with Gasteiger partial charge in [-0.25, -0.2) is 37.7 Å². The van der Waals surface area contributed by atoms with Gasteiger partial charge in [-0.1, -0.05) is 24.3 Å². The van der Waals surface area contributed by atoms with Gasteiger partial charge in [0.2, 0.25) is 5.91 Å². The SMILES string of the molecule is COc1ccccc1C(=O)Oc1ccc(CSP2(=O)OC[C@H]3O[C@@H](N4C=CC(=O)CC4=O)[C@H](F)[C@@H]3OP(=O)(O)OC[C@H]3O[C@@H](n4cnc5c(N)ncnc54)[C@H](O2)[C@@H]3F)cc1. The molecule has 0 spiro atoms. The first-order valence-corrected chi connectivity index (χ1v) is 22.6. The van der Waals surface area contributed by atoms with Crippen LogP contribution in [0.5, 0.6) is 11.5 Å². The number of ketones is 1. The lowest BCUT2D eigenvalue weighted by molar-refractivity contribution is -0.146. The second-order valence-electron chi connectivity index (χ2n) is 13.5. The number of amides is 1. The Balaban J connectivity index is 1.09. The molecule has 0 aliphatic carbocycles. The molecule has 8 rings (SSSR count). The van der Waals surface area contributed by atoms with Gasteiger partial charge in [-0.15, -0.1) is 0 Å². The van der Waals surface area contributed by atoms with Crippen molar-refractivity contribution in [2.24, 2.45) is 0 Å². The molecule has 3 saturated heterocycles. The van der Waals surface area contributed by atoms with E-state index in [2.05, 4.69) is 15.0 Å². The van der Waals surface area contributed by atoms with Gasteiger partial charge >= 0.3 is 20.6 Å². The summed E-state index contributed by atoms with van der Waals surface area (Å²) in [6, 6.07) is 12.6. The summed E-state index contributed by atoms with van der Waals surface area (Å²) in [5.41, 5.74) is 6.86. The van der Waals surface area contributed by atoms with Gasteiger partial charge in [-0.2, -0.15) is 0 Å². The Morgan fingerprint density at radius 1 is 0.967 bits per heavy atom. The number of methoxy groups -OCH3 is 1. The van der Waals surface area contributed by atoms with E-state index in [1.165, 1.54) is 36.2 Å². The number of halogens is 2. The van der Waals surface area contributed by atoms with Crippen molar-refractivity contribution < 1.29 is 74.2 Å². The van der Waals surface area contributed by atoms with Crippen LogP contribution in [0.3, 0.4) is 0 Å². The molecule has 2 unspecified atom stereocenters. The third kappa shape index (κ3) is 8.60. The normalized spacial score (nSPS) is 32.2. The van der Waals surface area contributed by atoms with Gasteiger partial charge in [0.15, 0.2) is 42.0 Å². The highest BCUT2D eigenvalue weighted by Crippen LogP contribution is 2.65. The standard InChI is InChI=1S/C35H34F2N6O14P2S/c1-50-22-5-3-2-4-21(22)35(46)53-20-8-6-18(7-9-20)15-60-59(49)52-14-24-29(27(37)33(55-24)42-11-10-19(44)12-25(42)45)56-58(47,48)51-13-23-26(36)30(57-59)34(54-23)43-17-41-28-31(38)39-16-40-32(28)43/h2-11,16-17,23-24,26-27,29-30,33-34H,12-15H2,1H3,(H,47,48)(H2,38,39,40)/t23-,24-,26-,27-,29-,30-,33-,34-,59?/m1/s1. The molecule has 4 aromatic rings. The largest absolute Gasteiger partial charge is 0.496 e. The number of para-hydroxylation sites is 1. The zero-order valence-electron chi connectivity index (χ0n) is 31.0. The van der Waals surface area contributed by atoms with Crippen LogP contribution >= 0.6 is 26.0 Å². The molecule has 3 N–H and O–H groups in total. The maximum absolute atomic E-state index is 16.5. The molecular weight excluding hydrogens is 860 g/mol. The number of hydrogen-bond acceptors (Lipinski definition) is 18. The molecule has 6 heterocycles. The first kappa shape index (κ1) is 42.0. The molecule has 60 heavy (non-hydrogen) atoms. The summed E-state index contributed by atoms with van der Waals surface area (Å²) >= 11 is 0.595. The van der Waals surface area contributed by atoms with Crippen LogP contribution in [-0.2, 0) is 52.0 Å². The number of imidazole rings is 1. The Labute approximate surface area is 342 Å². The Morgan fingerprint density at radius 2 is 1.72 bits per heavy atom. The predicted octanol–water partition coefficient (Wildman–Crippen LogP) is 4.21. The van der Waals surface area contributed by atoms with Crippen molar-refractivity contribution in [2.75, 3.05) is 26.1 Å². The number of aromatic nitrogens is 4. The van der Waals surface area contributed by atoms with Crippen LogP contribution in [0.25, 0.3) is 11.2 Å². The number of benzene rings is 2. The van der Waals surface area contributed by atoms with Crippen molar-refractivity contribution in [1.82, 2.24) is 24.4 Å². The molecule has 2 aromatic heterocycles. The monoisotopic (exact) mass is 894 g/mol. The summed E-state index contributed by atoms with van der Waals surface area (Å²) in [4.78, 5) is 61.1. The summed E-state index contributed by atoms with van der Waals surface area (Å²) in [5, 5.41) is 0. The van der Waals surface area contributed by atoms with Crippen molar-refractivity contribution in [2.45, 2.75) is 61.4 Å². The lowest BCUT2D eigenvalue weighted by atomic mass is 10.1. The lowest BCUT2D eigenvalue weighted by Gasteiger charge is -2.28. The van der Waals surface area contributed by atoms with Gasteiger partial charge < -0.3 is 29.6 Å². The van der Waals surface area contributed by atoms with E-state index >= 15 is 8.78 Å². The third-order valence-electron chi connectivity index (χ3n) is 9.66. The molecule has 0 radical (unpaired) electrons. The zero-order chi connectivity index (χ0) is 42.3. The lowest BCUT2D eigenvalue weighted by Crippen LogP contribution is -2.44. The number of nitrogen functional groups attached to an aromatic ring is 1. The number of alkyl halides is 2. The predicted molar refractivity (Wildman–Crippen MR) is 202 cm³/mol. The van der Waals surface area contributed by atoms with Crippen LogP contribution < -0.4 is 15.2 Å². The highest BCUT2D eigenvalue weighted by molar-refractivity contribution is 8.54. The number of phosphoric acid groups is 1. The van der Waals surface area contributed by atoms with E-state index in [1.54, 1.807) is 30.3 Å². The Kier molecular flexibility index (Phi) is 11.9. The summed E-state index contributed by atoms with van der Waals surface area (Å²) in [6.45, 7) is -6.46. The summed E-state index contributed by atoms with van der Waals surface area (Å²) < 4.78 is 107. The van der Waals surface area contributed by atoms with Crippen molar-refractivity contribution >= 4 is 60.6 Å². The molecule has 0 saturated carbocycles. The fourth-order valence-corrected chi connectivity index (χ4v) is 11.0. The van der Waals surface area contributed by atoms with E-state index < -0.39 is 101 Å². The topological polar surface area (TPSA) is 252 Å². The van der Waals surface area contributed by atoms with Crippen molar-refractivity contribution in [3.63, 3.8) is 0 Å². The minimum atomic E-state index is -5.26. The van der Waals surface area contributed by atoms with Crippen molar-refractivity contribution in [3.05, 3.63) is 84.6 Å². The van der Waals surface area contributed by atoms with Crippen LogP contribution in [0.4, 0.5) is 14.6 Å². The Hall–Kier alpha value is -4.67. The fraction of sp³-hybridized carbons (Fsp3) is 0.371. The molecular formula is C35H34F2N6O14P2S. The highest BCUT2D eigenvalue weighted by atomic mass is 32.7. The molecule has 2 bridgehead atoms. The van der Waals surface area contributed by atoms with Crippen LogP contribution in [0.2, 0.25) is 0 Å². The maximum atomic E-state index is 16.5. The minimum absolute atomic E-state index is 0.0134. The number of ether oxygens (including phenoxy) is 4. The van der Waals surface area contributed by atoms with Crippen LogP contribution in [0, 0.1) is 0 Å². The zero-order valence-corrected chi connectivity index (χ0v) is 33.6. The third-order valence-corrected chi connectivity index (χ3v) is 14.3. The second-order valence-corrected chi connectivity index (χ2v) is 18.9. The molecule has 25 heteroatoms. The van der Waals surface area contributed by atoms with Gasteiger partial charge in [0.1, 0.15) is 53.3 Å². The van der Waals surface area contributed by atoms with E-state index in [4.69, 9.17) is 42.8 Å². The maximum Gasteiger partial charge on any atom is 0.472 e. The molecule has 2 aromatic carbocycles. The average Bonchev–Trinajstić information content (AvgIpc) is 3.89. The minimum Gasteiger partial charge on any atom is -0.496 e. The number of carbonyl (C=O) groups excluding carboxylic acids is 3. The smallest absolute Gasteiger partial charge is 0.472 e. The average molecular weight is 895 g/mol. The molecule has 20 nitrogen and oxygen atoms in total. The van der Waals surface area contributed by atoms with Crippen molar-refractivity contribution in [1.29, 1.82) is 0 Å². The summed E-state index contributed by atoms with van der Waals surface area (Å²) in [5.74, 6) is -1.70. The van der Waals surface area contributed by atoms with Crippen LogP contribution in [0.15, 0.2) is 73.5 Å². The van der Waals surface area contributed by atoms with Gasteiger partial charge in [0.05, 0.1) is 33.1 Å². The number of hydrogen-bond donors (Lipinski definition) is 2. The van der Waals surface area contributed by atoms with E-state index in [0.717, 1.165) is 23.5 Å². The van der Waals surface area contributed by atoms with Crippen molar-refractivity contribution in [3.8, 4) is 11.5 Å². The number of fused-ring (bicyclic) bond motifs is 4. The van der Waals surface area contributed by atoms with E-state index in [1.807, 2.05) is 0 Å². The quantitative estimate of drug-likeness (QED) is 0.109. The number of rotatable bonds is 8. The summed E-state index contributed by atoms with van der Waals surface area (Å²) in [6.07, 6.45) is -11.2. The molecule has 318 valence electrons. The van der Waals surface area contributed by atoms with Crippen LogP contribution in [-0.4, -0.2) is 110 Å². The van der Waals surface area contributed by atoms with E-state index in [-0.39, 0.29) is 34.0 Å². The number of phosphoric ester groups is 1. The van der Waals surface area contributed by atoms with Gasteiger partial charge in [-0.3, -0.25) is 37.2 Å². The van der Waals surface area contributed by atoms with E-state index in [9.17, 15) is 28.4 Å². The number of esters is 1.